The first-order chi connectivity index (χ1) is 7.50. The van der Waals surface area contributed by atoms with E-state index in [1.54, 1.807) is 0 Å². The van der Waals surface area contributed by atoms with Crippen LogP contribution in [-0.2, 0) is 9.05 Å². The largest absolute Gasteiger partial charge is 0.330 e. The fourth-order valence-corrected chi connectivity index (χ4v) is 3.04. The highest BCUT2D eigenvalue weighted by Gasteiger charge is 2.40. The molecule has 1 aromatic rings. The normalized spacial score (nSPS) is 29.0. The van der Waals surface area contributed by atoms with E-state index in [0.717, 1.165) is 5.56 Å². The highest BCUT2D eigenvalue weighted by molar-refractivity contribution is 7.40. The van der Waals surface area contributed by atoms with Crippen molar-refractivity contribution < 1.29 is 13.9 Å². The number of rotatable bonds is 1. The van der Waals surface area contributed by atoms with Gasteiger partial charge in [0.1, 0.15) is 6.10 Å². The Hall–Kier alpha value is -0.180. The molecule has 1 saturated heterocycles. The second-order valence-electron chi connectivity index (χ2n) is 4.51. The van der Waals surface area contributed by atoms with Gasteiger partial charge in [-0.15, -0.1) is 0 Å². The van der Waals surface area contributed by atoms with Gasteiger partial charge in [0.15, 0.2) is 0 Å². The predicted molar refractivity (Wildman–Crippen MR) is 64.1 cm³/mol. The molecule has 0 spiro atoms. The third kappa shape index (κ3) is 2.39. The third-order valence-corrected chi connectivity index (χ3v) is 3.73. The Bertz CT molecular complexity index is 383. The van der Waals surface area contributed by atoms with Crippen LogP contribution in [0.25, 0.3) is 0 Å². The van der Waals surface area contributed by atoms with Crippen molar-refractivity contribution >= 4 is 20.2 Å². The molecule has 1 N–H and O–H groups in total. The summed E-state index contributed by atoms with van der Waals surface area (Å²) in [6.45, 7) is 4.53. The summed E-state index contributed by atoms with van der Waals surface area (Å²) in [7, 11) is -1.78. The summed E-state index contributed by atoms with van der Waals surface area (Å²) in [5.74, 6) is 0. The Labute approximate surface area is 101 Å². The van der Waals surface area contributed by atoms with Gasteiger partial charge < -0.3 is 13.9 Å². The first-order valence-electron chi connectivity index (χ1n) is 5.04. The van der Waals surface area contributed by atoms with Gasteiger partial charge in [0.2, 0.25) is 0 Å². The van der Waals surface area contributed by atoms with Crippen molar-refractivity contribution in [1.82, 2.24) is 0 Å². The molecule has 3 nitrogen and oxygen atoms in total. The van der Waals surface area contributed by atoms with Crippen LogP contribution in [0, 0.1) is 5.41 Å². The predicted octanol–water partition coefficient (Wildman–Crippen LogP) is 3.67. The van der Waals surface area contributed by atoms with Crippen LogP contribution < -0.4 is 0 Å². The molecule has 0 aliphatic carbocycles. The van der Waals surface area contributed by atoms with Crippen molar-refractivity contribution in [2.45, 2.75) is 20.0 Å². The average molecular weight is 261 g/mol. The first-order valence-corrected chi connectivity index (χ1v) is 6.55. The summed E-state index contributed by atoms with van der Waals surface area (Å²) in [4.78, 5) is 9.44. The van der Waals surface area contributed by atoms with Crippen molar-refractivity contribution in [2.24, 2.45) is 5.41 Å². The van der Waals surface area contributed by atoms with Crippen LogP contribution in [0.4, 0.5) is 0 Å². The lowest BCUT2D eigenvalue weighted by Crippen LogP contribution is -2.32. The Kier molecular flexibility index (Phi) is 3.53. The molecule has 16 heavy (non-hydrogen) atoms. The van der Waals surface area contributed by atoms with Crippen LogP contribution >= 0.6 is 20.2 Å². The third-order valence-electron chi connectivity index (χ3n) is 2.64. The van der Waals surface area contributed by atoms with E-state index >= 15 is 0 Å². The fourth-order valence-electron chi connectivity index (χ4n) is 1.73. The van der Waals surface area contributed by atoms with Gasteiger partial charge in [0, 0.05) is 16.0 Å². The molecule has 1 aliphatic heterocycles. The van der Waals surface area contributed by atoms with E-state index in [1.165, 1.54) is 0 Å². The van der Waals surface area contributed by atoms with E-state index in [-0.39, 0.29) is 11.5 Å². The molecule has 88 valence electrons. The average Bonchev–Trinajstić information content (AvgIpc) is 2.23. The van der Waals surface area contributed by atoms with Crippen LogP contribution in [0.1, 0.15) is 25.5 Å². The molecule has 1 heterocycles. The number of benzene rings is 1. The van der Waals surface area contributed by atoms with Crippen LogP contribution in [0.5, 0.6) is 0 Å². The van der Waals surface area contributed by atoms with Crippen molar-refractivity contribution in [3.05, 3.63) is 34.9 Å². The van der Waals surface area contributed by atoms with Gasteiger partial charge in [0.25, 0.3) is 0 Å². The molecule has 1 aliphatic rings. The first kappa shape index (κ1) is 12.3. The van der Waals surface area contributed by atoms with Gasteiger partial charge >= 0.3 is 8.60 Å². The van der Waals surface area contributed by atoms with E-state index in [1.807, 2.05) is 38.1 Å². The van der Waals surface area contributed by atoms with Crippen molar-refractivity contribution in [3.63, 3.8) is 0 Å². The fraction of sp³-hybridized carbons (Fsp3) is 0.455. The molecular formula is C11H14ClO3P. The van der Waals surface area contributed by atoms with E-state index in [0.29, 0.717) is 11.6 Å². The van der Waals surface area contributed by atoms with E-state index in [4.69, 9.17) is 20.6 Å². The molecule has 0 bridgehead atoms. The zero-order valence-corrected chi connectivity index (χ0v) is 10.8. The zero-order chi connectivity index (χ0) is 11.8. The van der Waals surface area contributed by atoms with Gasteiger partial charge in [-0.25, -0.2) is 0 Å². The van der Waals surface area contributed by atoms with Gasteiger partial charge in [-0.2, -0.15) is 0 Å². The van der Waals surface area contributed by atoms with Crippen LogP contribution in [-0.4, -0.2) is 11.5 Å². The Balaban J connectivity index is 2.34. The molecule has 2 atom stereocenters. The summed E-state index contributed by atoms with van der Waals surface area (Å²) in [6, 6.07) is 7.53. The lowest BCUT2D eigenvalue weighted by Gasteiger charge is -2.39. The van der Waals surface area contributed by atoms with E-state index < -0.39 is 8.60 Å². The van der Waals surface area contributed by atoms with E-state index in [2.05, 4.69) is 0 Å². The van der Waals surface area contributed by atoms with Gasteiger partial charge in [-0.1, -0.05) is 43.6 Å². The molecule has 5 heteroatoms. The van der Waals surface area contributed by atoms with Gasteiger partial charge in [-0.3, -0.25) is 0 Å². The molecule has 1 fully saturated rings. The minimum absolute atomic E-state index is 0.202. The lowest BCUT2D eigenvalue weighted by molar-refractivity contribution is -0.0276. The summed E-state index contributed by atoms with van der Waals surface area (Å²) in [5, 5.41) is 0.658. The highest BCUT2D eigenvalue weighted by Crippen LogP contribution is 2.53. The number of halogens is 1. The lowest BCUT2D eigenvalue weighted by atomic mass is 9.83. The van der Waals surface area contributed by atoms with Crippen molar-refractivity contribution in [1.29, 1.82) is 0 Å². The molecule has 1 unspecified atom stereocenters. The highest BCUT2D eigenvalue weighted by atomic mass is 35.5. The van der Waals surface area contributed by atoms with E-state index in [9.17, 15) is 4.89 Å². The Morgan fingerprint density at radius 1 is 1.44 bits per heavy atom. The minimum atomic E-state index is -1.78. The summed E-state index contributed by atoms with van der Waals surface area (Å²) >= 11 is 6.14. The topological polar surface area (TPSA) is 38.7 Å². The summed E-state index contributed by atoms with van der Waals surface area (Å²) in [5.41, 5.74) is 0.700. The van der Waals surface area contributed by atoms with Gasteiger partial charge in [0.05, 0.1) is 6.61 Å². The molecular weight excluding hydrogens is 247 g/mol. The Morgan fingerprint density at radius 3 is 2.81 bits per heavy atom. The maximum Gasteiger partial charge on any atom is 0.330 e. The zero-order valence-electron chi connectivity index (χ0n) is 9.18. The van der Waals surface area contributed by atoms with Crippen LogP contribution in [0.15, 0.2) is 24.3 Å². The minimum Gasteiger partial charge on any atom is -0.328 e. The maximum absolute atomic E-state index is 9.44. The number of hydrogen-bond acceptors (Lipinski definition) is 3. The summed E-state index contributed by atoms with van der Waals surface area (Å²) < 4.78 is 10.6. The molecule has 1 aromatic carbocycles. The second kappa shape index (κ2) is 4.59. The second-order valence-corrected chi connectivity index (χ2v) is 5.86. The molecule has 0 aromatic heterocycles. The molecule has 0 saturated carbocycles. The quantitative estimate of drug-likeness (QED) is 0.783. The SMILES string of the molecule is CC1(C)CO[P@@](O)OC1c1ccccc1Cl. The van der Waals surface area contributed by atoms with Crippen LogP contribution in [0.3, 0.4) is 0 Å². The maximum atomic E-state index is 9.44. The number of hydrogen-bond donors (Lipinski definition) is 1. The molecule has 2 rings (SSSR count). The monoisotopic (exact) mass is 260 g/mol. The smallest absolute Gasteiger partial charge is 0.328 e. The summed E-state index contributed by atoms with van der Waals surface area (Å²) in [6.07, 6.45) is -0.230. The molecule has 0 radical (unpaired) electrons. The van der Waals surface area contributed by atoms with Crippen LogP contribution in [0.2, 0.25) is 5.02 Å². The van der Waals surface area contributed by atoms with Gasteiger partial charge in [-0.05, 0) is 6.07 Å². The van der Waals surface area contributed by atoms with Crippen molar-refractivity contribution in [2.75, 3.05) is 6.61 Å². The van der Waals surface area contributed by atoms with Crippen molar-refractivity contribution in [3.8, 4) is 0 Å². The Morgan fingerprint density at radius 2 is 2.12 bits per heavy atom. The molecule has 0 amide bonds. The standard InChI is InChI=1S/C11H14ClO3P/c1-11(2)7-14-16(13)15-10(11)8-5-3-4-6-9(8)12/h3-6,10,13H,7H2,1-2H3/t10?,16-/m1/s1.